The van der Waals surface area contributed by atoms with E-state index in [0.29, 0.717) is 5.75 Å². The van der Waals surface area contributed by atoms with Crippen molar-refractivity contribution in [3.05, 3.63) is 10.1 Å². The summed E-state index contributed by atoms with van der Waals surface area (Å²) < 4.78 is 0. The first-order chi connectivity index (χ1) is 4.22. The largest absolute Gasteiger partial charge is 0.274 e. The monoisotopic (exact) mass is 150 g/mol. The lowest BCUT2D eigenvalue weighted by atomic mass is 10.6. The molecule has 4 nitrogen and oxygen atoms in total. The fourth-order valence-electron chi connectivity index (χ4n) is 0.407. The molecule has 0 heterocycles. The second-order valence-electron chi connectivity index (χ2n) is 1.55. The van der Waals surface area contributed by atoms with Gasteiger partial charge in [-0.2, -0.15) is 11.8 Å². The molecule has 0 aliphatic heterocycles. The molecule has 0 saturated heterocycles. The van der Waals surface area contributed by atoms with E-state index in [1.165, 1.54) is 11.8 Å². The summed E-state index contributed by atoms with van der Waals surface area (Å²) in [6.45, 7) is 0. The number of rotatable bonds is 4. The van der Waals surface area contributed by atoms with Crippen molar-refractivity contribution >= 4 is 11.8 Å². The lowest BCUT2D eigenvalue weighted by Gasteiger charge is -2.04. The van der Waals surface area contributed by atoms with E-state index in [-0.39, 0.29) is 4.92 Å². The van der Waals surface area contributed by atoms with Gasteiger partial charge in [0, 0.05) is 4.92 Å². The molecule has 9 heavy (non-hydrogen) atoms. The highest BCUT2D eigenvalue weighted by Gasteiger charge is 2.14. The quantitative estimate of drug-likeness (QED) is 0.352. The van der Waals surface area contributed by atoms with E-state index >= 15 is 0 Å². The number of nitro groups is 1. The zero-order chi connectivity index (χ0) is 7.28. The summed E-state index contributed by atoms with van der Waals surface area (Å²) in [5.41, 5.74) is 0. The van der Waals surface area contributed by atoms with Crippen molar-refractivity contribution < 1.29 is 4.92 Å². The third-order valence-corrected chi connectivity index (χ3v) is 1.56. The number of thioether (sulfide) groups is 1. The molecule has 0 fully saturated rings. The van der Waals surface area contributed by atoms with Crippen LogP contribution in [0, 0.1) is 10.1 Å². The van der Waals surface area contributed by atoms with Crippen molar-refractivity contribution in [3.63, 3.8) is 0 Å². The molecule has 1 atom stereocenters. The van der Waals surface area contributed by atoms with Gasteiger partial charge in [-0.15, -0.1) is 0 Å². The minimum atomic E-state index is -0.597. The van der Waals surface area contributed by atoms with Gasteiger partial charge in [-0.25, -0.2) is 0 Å². The van der Waals surface area contributed by atoms with E-state index in [1.54, 1.807) is 7.05 Å². The molecule has 0 aliphatic carbocycles. The Morgan fingerprint density at radius 2 is 2.44 bits per heavy atom. The highest BCUT2D eigenvalue weighted by Crippen LogP contribution is 1.96. The summed E-state index contributed by atoms with van der Waals surface area (Å²) in [4.78, 5) is 9.73. The Labute approximate surface area is 58.2 Å². The maximum Gasteiger partial charge on any atom is 0.274 e. The highest BCUT2D eigenvalue weighted by atomic mass is 32.2. The zero-order valence-corrected chi connectivity index (χ0v) is 6.27. The smallest absolute Gasteiger partial charge is 0.263 e. The molecule has 0 aliphatic rings. The van der Waals surface area contributed by atoms with Crippen LogP contribution in [0.3, 0.4) is 0 Å². The molecule has 0 spiro atoms. The summed E-state index contributed by atoms with van der Waals surface area (Å²) in [7, 11) is 1.59. The molecule has 0 aromatic rings. The van der Waals surface area contributed by atoms with Gasteiger partial charge >= 0.3 is 0 Å². The molecule has 0 rings (SSSR count). The van der Waals surface area contributed by atoms with Crippen LogP contribution < -0.4 is 5.32 Å². The molecule has 1 unspecified atom stereocenters. The van der Waals surface area contributed by atoms with E-state index < -0.39 is 6.17 Å². The molecule has 0 aromatic heterocycles. The van der Waals surface area contributed by atoms with Gasteiger partial charge in [0.2, 0.25) is 0 Å². The number of hydrogen-bond donors (Lipinski definition) is 1. The van der Waals surface area contributed by atoms with Crippen LogP contribution in [0.15, 0.2) is 0 Å². The lowest BCUT2D eigenvalue weighted by molar-refractivity contribution is -0.522. The number of hydrogen-bond acceptors (Lipinski definition) is 4. The van der Waals surface area contributed by atoms with Gasteiger partial charge in [-0.1, -0.05) is 0 Å². The van der Waals surface area contributed by atoms with Crippen LogP contribution >= 0.6 is 11.8 Å². The second kappa shape index (κ2) is 4.58. The molecular weight excluding hydrogens is 140 g/mol. The Bertz CT molecular complexity index is 98.6. The molecule has 0 saturated carbocycles. The van der Waals surface area contributed by atoms with Gasteiger partial charge in [-0.05, 0) is 13.3 Å². The maximum absolute atomic E-state index is 10.1. The average molecular weight is 150 g/mol. The minimum Gasteiger partial charge on any atom is -0.263 e. The van der Waals surface area contributed by atoms with Gasteiger partial charge in [0.1, 0.15) is 0 Å². The van der Waals surface area contributed by atoms with Gasteiger partial charge in [-0.3, -0.25) is 15.4 Å². The summed E-state index contributed by atoms with van der Waals surface area (Å²) in [5, 5.41) is 12.6. The van der Waals surface area contributed by atoms with E-state index in [2.05, 4.69) is 5.32 Å². The van der Waals surface area contributed by atoms with E-state index in [1.807, 2.05) is 6.26 Å². The van der Waals surface area contributed by atoms with E-state index in [0.717, 1.165) is 0 Å². The topological polar surface area (TPSA) is 55.2 Å². The van der Waals surface area contributed by atoms with Crippen molar-refractivity contribution in [2.24, 2.45) is 0 Å². The van der Waals surface area contributed by atoms with Crippen LogP contribution in [0.5, 0.6) is 0 Å². The van der Waals surface area contributed by atoms with Crippen LogP contribution in [-0.4, -0.2) is 30.1 Å². The molecule has 0 bridgehead atoms. The minimum absolute atomic E-state index is 0.323. The van der Waals surface area contributed by atoms with Gasteiger partial charge < -0.3 is 0 Å². The average Bonchev–Trinajstić information content (AvgIpc) is 1.82. The van der Waals surface area contributed by atoms with Crippen molar-refractivity contribution in [3.8, 4) is 0 Å². The standard InChI is InChI=1S/C4H10N2O2S/c1-5-4(3-9-2)6(7)8/h4-5H,3H2,1-2H3. The molecular formula is C4H10N2O2S. The Balaban J connectivity index is 3.54. The second-order valence-corrected chi connectivity index (χ2v) is 2.46. The maximum atomic E-state index is 10.1. The predicted molar refractivity (Wildman–Crippen MR) is 38.2 cm³/mol. The van der Waals surface area contributed by atoms with Crippen LogP contribution in [0.1, 0.15) is 0 Å². The first-order valence-electron chi connectivity index (χ1n) is 2.52. The Hall–Kier alpha value is -0.290. The molecule has 5 heteroatoms. The predicted octanol–water partition coefficient (Wildman–Crippen LogP) is 0.172. The van der Waals surface area contributed by atoms with E-state index in [9.17, 15) is 10.1 Å². The van der Waals surface area contributed by atoms with Crippen LogP contribution in [0.2, 0.25) is 0 Å². The van der Waals surface area contributed by atoms with Gasteiger partial charge in [0.05, 0.1) is 5.75 Å². The molecule has 0 radical (unpaired) electrons. The third-order valence-electron chi connectivity index (χ3n) is 0.912. The fourth-order valence-corrected chi connectivity index (χ4v) is 1.01. The summed E-state index contributed by atoms with van der Waals surface area (Å²) in [6.07, 6.45) is 1.24. The fraction of sp³-hybridized carbons (Fsp3) is 1.00. The SMILES string of the molecule is CNC(CSC)[N+](=O)[O-]. The lowest BCUT2D eigenvalue weighted by Crippen LogP contribution is -2.35. The first kappa shape index (κ1) is 8.71. The normalized spacial score (nSPS) is 13.1. The van der Waals surface area contributed by atoms with Crippen LogP contribution in [0.4, 0.5) is 0 Å². The summed E-state index contributed by atoms with van der Waals surface area (Å²) >= 11 is 1.46. The number of nitrogens with one attached hydrogen (secondary N) is 1. The number of nitrogens with zero attached hydrogens (tertiary/aromatic N) is 1. The van der Waals surface area contributed by atoms with Crippen LogP contribution in [0.25, 0.3) is 0 Å². The Morgan fingerprint density at radius 3 is 2.56 bits per heavy atom. The van der Waals surface area contributed by atoms with E-state index in [4.69, 9.17) is 0 Å². The summed E-state index contributed by atoms with van der Waals surface area (Å²) in [6, 6.07) is 0. The highest BCUT2D eigenvalue weighted by molar-refractivity contribution is 7.98. The Morgan fingerprint density at radius 1 is 1.89 bits per heavy atom. The first-order valence-corrected chi connectivity index (χ1v) is 3.91. The summed E-state index contributed by atoms with van der Waals surface area (Å²) in [5.74, 6) is 0.517. The third kappa shape index (κ3) is 3.31. The Kier molecular flexibility index (Phi) is 4.43. The molecule has 54 valence electrons. The van der Waals surface area contributed by atoms with Crippen LogP contribution in [-0.2, 0) is 0 Å². The van der Waals surface area contributed by atoms with Crippen molar-refractivity contribution in [2.75, 3.05) is 19.1 Å². The van der Waals surface area contributed by atoms with Crippen molar-refractivity contribution in [2.45, 2.75) is 6.17 Å². The van der Waals surface area contributed by atoms with Crippen molar-refractivity contribution in [1.29, 1.82) is 0 Å². The molecule has 0 aromatic carbocycles. The molecule has 1 N–H and O–H groups in total. The van der Waals surface area contributed by atoms with Crippen molar-refractivity contribution in [1.82, 2.24) is 5.32 Å². The van der Waals surface area contributed by atoms with Gasteiger partial charge in [0.15, 0.2) is 0 Å². The zero-order valence-electron chi connectivity index (χ0n) is 5.46. The van der Waals surface area contributed by atoms with Gasteiger partial charge in [0.25, 0.3) is 6.17 Å². The molecule has 0 amide bonds.